The fourth-order valence-corrected chi connectivity index (χ4v) is 3.80. The van der Waals surface area contributed by atoms with Crippen molar-refractivity contribution in [1.82, 2.24) is 24.7 Å². The first-order valence-corrected chi connectivity index (χ1v) is 8.35. The van der Waals surface area contributed by atoms with Crippen molar-refractivity contribution in [2.75, 3.05) is 0 Å². The first-order valence-electron chi connectivity index (χ1n) is 8.35. The minimum atomic E-state index is -0.154. The van der Waals surface area contributed by atoms with Crippen molar-refractivity contribution in [3.05, 3.63) is 18.7 Å². The molecule has 0 spiro atoms. The summed E-state index contributed by atoms with van der Waals surface area (Å²) in [4.78, 5) is 11.2. The Balaban J connectivity index is 1.80. The van der Waals surface area contributed by atoms with Crippen LogP contribution in [0.15, 0.2) is 18.7 Å². The van der Waals surface area contributed by atoms with Crippen LogP contribution in [0.2, 0.25) is 0 Å². The quantitative estimate of drug-likeness (QED) is 0.672. The summed E-state index contributed by atoms with van der Waals surface area (Å²) in [7, 11) is 0. The predicted molar refractivity (Wildman–Crippen MR) is 89.7 cm³/mol. The molecule has 8 heteroatoms. The number of hydrogen-bond acceptors (Lipinski definition) is 6. The summed E-state index contributed by atoms with van der Waals surface area (Å²) in [6.07, 6.45) is 9.00. The van der Waals surface area contributed by atoms with Crippen molar-refractivity contribution in [1.29, 1.82) is 5.26 Å². The molecule has 128 valence electrons. The van der Waals surface area contributed by atoms with Crippen molar-refractivity contribution in [3.8, 4) is 29.0 Å². The summed E-state index contributed by atoms with van der Waals surface area (Å²) >= 11 is 0. The van der Waals surface area contributed by atoms with E-state index < -0.39 is 0 Å². The van der Waals surface area contributed by atoms with Gasteiger partial charge in [0.15, 0.2) is 0 Å². The molecule has 8 nitrogen and oxygen atoms in total. The first kappa shape index (κ1) is 15.4. The Bertz CT molecular complexity index is 948. The van der Waals surface area contributed by atoms with Crippen LogP contribution in [0.5, 0.6) is 11.6 Å². The second kappa shape index (κ2) is 6.09. The van der Waals surface area contributed by atoms with Gasteiger partial charge in [0.1, 0.15) is 17.7 Å². The summed E-state index contributed by atoms with van der Waals surface area (Å²) in [5.41, 5.74) is 1.32. The molecule has 3 aromatic heterocycles. The molecule has 0 radical (unpaired) electrons. The summed E-state index contributed by atoms with van der Waals surface area (Å²) in [6.45, 7) is 0. The molecule has 0 aromatic carbocycles. The largest absolute Gasteiger partial charge is 0.506 e. The van der Waals surface area contributed by atoms with E-state index >= 15 is 0 Å². The topological polar surface area (TPSA) is 124 Å². The van der Waals surface area contributed by atoms with Gasteiger partial charge in [-0.3, -0.25) is 0 Å². The molecule has 1 saturated carbocycles. The van der Waals surface area contributed by atoms with Gasteiger partial charge in [-0.1, -0.05) is 12.8 Å². The van der Waals surface area contributed by atoms with E-state index in [0.717, 1.165) is 25.7 Å². The molecule has 3 N–H and O–H groups in total. The van der Waals surface area contributed by atoms with Crippen molar-refractivity contribution in [2.45, 2.75) is 38.1 Å². The van der Waals surface area contributed by atoms with Crippen LogP contribution in [0.3, 0.4) is 0 Å². The molecule has 0 saturated heterocycles. The number of aromatic amines is 1. The number of nitrogens with one attached hydrogen (secondary N) is 1. The number of hydrogen-bond donors (Lipinski definition) is 3. The highest BCUT2D eigenvalue weighted by Crippen LogP contribution is 2.41. The lowest BCUT2D eigenvalue weighted by Gasteiger charge is -2.22. The minimum Gasteiger partial charge on any atom is -0.506 e. The SMILES string of the molecule is N#CCC(C1CCCC1)n1ncc(-c2ncnc3[nH]cc(O)c23)c1O. The molecular formula is C17H18N6O2. The maximum absolute atomic E-state index is 10.8. The van der Waals surface area contributed by atoms with Gasteiger partial charge >= 0.3 is 0 Å². The third-order valence-corrected chi connectivity index (χ3v) is 5.03. The molecule has 1 fully saturated rings. The van der Waals surface area contributed by atoms with Crippen LogP contribution in [0.1, 0.15) is 38.1 Å². The summed E-state index contributed by atoms with van der Waals surface area (Å²) in [6, 6.07) is 2.06. The molecule has 1 atom stereocenters. The summed E-state index contributed by atoms with van der Waals surface area (Å²) in [5, 5.41) is 34.8. The Morgan fingerprint density at radius 2 is 2.12 bits per heavy atom. The van der Waals surface area contributed by atoms with E-state index in [4.69, 9.17) is 0 Å². The summed E-state index contributed by atoms with van der Waals surface area (Å²) < 4.78 is 1.53. The second-order valence-corrected chi connectivity index (χ2v) is 6.42. The van der Waals surface area contributed by atoms with Gasteiger partial charge in [0, 0.05) is 6.20 Å². The molecular weight excluding hydrogens is 320 g/mol. The van der Waals surface area contributed by atoms with Gasteiger partial charge in [-0.2, -0.15) is 10.4 Å². The van der Waals surface area contributed by atoms with E-state index in [-0.39, 0.29) is 17.7 Å². The van der Waals surface area contributed by atoms with Crippen LogP contribution in [0.4, 0.5) is 0 Å². The normalized spacial score (nSPS) is 16.3. The molecule has 3 aromatic rings. The molecule has 0 bridgehead atoms. The molecule has 0 amide bonds. The smallest absolute Gasteiger partial charge is 0.219 e. The number of fused-ring (bicyclic) bond motifs is 1. The number of H-pyrrole nitrogens is 1. The lowest BCUT2D eigenvalue weighted by molar-refractivity contribution is 0.278. The highest BCUT2D eigenvalue weighted by Gasteiger charge is 2.30. The fourth-order valence-electron chi connectivity index (χ4n) is 3.80. The Morgan fingerprint density at radius 3 is 2.88 bits per heavy atom. The molecule has 0 aliphatic heterocycles. The van der Waals surface area contributed by atoms with Gasteiger partial charge in [-0.25, -0.2) is 14.6 Å². The zero-order chi connectivity index (χ0) is 17.4. The van der Waals surface area contributed by atoms with Crippen LogP contribution in [0.25, 0.3) is 22.3 Å². The van der Waals surface area contributed by atoms with Gasteiger partial charge in [0.05, 0.1) is 41.4 Å². The van der Waals surface area contributed by atoms with E-state index in [9.17, 15) is 15.5 Å². The number of aromatic hydroxyl groups is 2. The van der Waals surface area contributed by atoms with Gasteiger partial charge in [-0.15, -0.1) is 0 Å². The minimum absolute atomic E-state index is 0.0158. The number of aromatic nitrogens is 5. The summed E-state index contributed by atoms with van der Waals surface area (Å²) in [5.74, 6) is 0.319. The van der Waals surface area contributed by atoms with E-state index in [2.05, 4.69) is 26.1 Å². The fraction of sp³-hybridized carbons (Fsp3) is 0.412. The van der Waals surface area contributed by atoms with Crippen LogP contribution < -0.4 is 0 Å². The lowest BCUT2D eigenvalue weighted by atomic mass is 9.96. The lowest BCUT2D eigenvalue weighted by Crippen LogP contribution is -2.18. The number of nitrogens with zero attached hydrogens (tertiary/aromatic N) is 5. The van der Waals surface area contributed by atoms with Crippen molar-refractivity contribution in [3.63, 3.8) is 0 Å². The van der Waals surface area contributed by atoms with Crippen LogP contribution >= 0.6 is 0 Å². The van der Waals surface area contributed by atoms with Gasteiger partial charge in [-0.05, 0) is 18.8 Å². The maximum atomic E-state index is 10.8. The number of rotatable bonds is 4. The van der Waals surface area contributed by atoms with Gasteiger partial charge < -0.3 is 15.2 Å². The van der Waals surface area contributed by atoms with E-state index in [1.54, 1.807) is 0 Å². The zero-order valence-electron chi connectivity index (χ0n) is 13.6. The van der Waals surface area contributed by atoms with E-state index in [1.807, 2.05) is 0 Å². The Morgan fingerprint density at radius 1 is 1.32 bits per heavy atom. The Kier molecular flexibility index (Phi) is 3.76. The van der Waals surface area contributed by atoms with Gasteiger partial charge in [0.25, 0.3) is 0 Å². The van der Waals surface area contributed by atoms with Crippen molar-refractivity contribution < 1.29 is 10.2 Å². The first-order chi connectivity index (χ1) is 12.2. The molecule has 3 heterocycles. The highest BCUT2D eigenvalue weighted by atomic mass is 16.3. The van der Waals surface area contributed by atoms with E-state index in [1.165, 1.54) is 23.4 Å². The van der Waals surface area contributed by atoms with E-state index in [0.29, 0.717) is 34.6 Å². The Hall–Kier alpha value is -3.08. The van der Waals surface area contributed by atoms with Gasteiger partial charge in [0.2, 0.25) is 5.88 Å². The Labute approximate surface area is 143 Å². The van der Waals surface area contributed by atoms with Crippen molar-refractivity contribution >= 4 is 11.0 Å². The average Bonchev–Trinajstić information content (AvgIpc) is 3.34. The third kappa shape index (κ3) is 2.48. The highest BCUT2D eigenvalue weighted by molar-refractivity contribution is 5.96. The number of nitriles is 1. The molecule has 1 aliphatic rings. The average molecular weight is 338 g/mol. The van der Waals surface area contributed by atoms with Crippen molar-refractivity contribution in [2.24, 2.45) is 5.92 Å². The molecule has 1 unspecified atom stereocenters. The maximum Gasteiger partial charge on any atom is 0.219 e. The third-order valence-electron chi connectivity index (χ3n) is 5.03. The molecule has 1 aliphatic carbocycles. The zero-order valence-corrected chi connectivity index (χ0v) is 13.6. The van der Waals surface area contributed by atoms with Crippen LogP contribution in [-0.4, -0.2) is 34.9 Å². The molecule has 4 rings (SSSR count). The predicted octanol–water partition coefficient (Wildman–Crippen LogP) is 2.88. The molecule has 25 heavy (non-hydrogen) atoms. The second-order valence-electron chi connectivity index (χ2n) is 6.42. The standard InChI is InChI=1S/C17H18N6O2/c18-6-5-12(10-3-1-2-4-10)23-17(25)11(7-22-23)15-14-13(24)8-19-16(14)21-9-20-15/h7-10,12,24-25H,1-5H2,(H,19,20,21). The monoisotopic (exact) mass is 338 g/mol. The van der Waals surface area contributed by atoms with Crippen LogP contribution in [-0.2, 0) is 0 Å². The van der Waals surface area contributed by atoms with Crippen LogP contribution in [0, 0.1) is 17.2 Å².